The molecule has 0 saturated carbocycles. The largest absolute Gasteiger partial charge is 0.422 e. The number of benzene rings is 2. The Hall–Kier alpha value is -2.17. The monoisotopic (exact) mass is 327 g/mol. The number of hydrogen-bond donors (Lipinski definition) is 0. The molecule has 2 heterocycles. The number of rotatable bonds is 1. The maximum Gasteiger partial charge on any atom is 0.346 e. The molecule has 0 aliphatic carbocycles. The van der Waals surface area contributed by atoms with Gasteiger partial charge in [-0.1, -0.05) is 29.8 Å². The molecule has 0 atom stereocenters. The first-order chi connectivity index (χ1) is 10.6. The lowest BCUT2D eigenvalue weighted by molar-refractivity contribution is 0.563. The molecular formula is C17H10ClNO2S. The third-order valence-electron chi connectivity index (χ3n) is 3.49. The fraction of sp³-hybridized carbons (Fsp3) is 0.0588. The number of fused-ring (bicyclic) bond motifs is 2. The Kier molecular flexibility index (Phi) is 3.03. The first-order valence-corrected chi connectivity index (χ1v) is 7.91. The van der Waals surface area contributed by atoms with Crippen LogP contribution in [-0.2, 0) is 0 Å². The maximum atomic E-state index is 12.3. The van der Waals surface area contributed by atoms with Crippen LogP contribution in [0.1, 0.15) is 5.56 Å². The second-order valence-electron chi connectivity index (χ2n) is 5.09. The van der Waals surface area contributed by atoms with Crippen molar-refractivity contribution in [2.75, 3.05) is 0 Å². The van der Waals surface area contributed by atoms with Crippen LogP contribution >= 0.6 is 22.9 Å². The van der Waals surface area contributed by atoms with Gasteiger partial charge in [0.05, 0.1) is 15.3 Å². The van der Waals surface area contributed by atoms with Crippen LogP contribution in [0.2, 0.25) is 5.02 Å². The summed E-state index contributed by atoms with van der Waals surface area (Å²) >= 11 is 7.59. The van der Waals surface area contributed by atoms with Gasteiger partial charge in [0.25, 0.3) is 0 Å². The van der Waals surface area contributed by atoms with Crippen molar-refractivity contribution in [1.29, 1.82) is 0 Å². The lowest BCUT2D eigenvalue weighted by atomic mass is 10.1. The van der Waals surface area contributed by atoms with Crippen molar-refractivity contribution in [3.8, 4) is 10.6 Å². The van der Waals surface area contributed by atoms with E-state index in [9.17, 15) is 4.79 Å². The minimum absolute atomic E-state index is 0.381. The molecule has 22 heavy (non-hydrogen) atoms. The Morgan fingerprint density at radius 1 is 1.18 bits per heavy atom. The second-order valence-corrected chi connectivity index (χ2v) is 6.53. The fourth-order valence-corrected chi connectivity index (χ4v) is 3.67. The summed E-state index contributed by atoms with van der Waals surface area (Å²) in [6.07, 6.45) is 0. The second kappa shape index (κ2) is 4.93. The van der Waals surface area contributed by atoms with Crippen LogP contribution in [0.25, 0.3) is 31.8 Å². The molecule has 0 bridgehead atoms. The number of para-hydroxylation sites is 1. The highest BCUT2D eigenvalue weighted by molar-refractivity contribution is 7.21. The van der Waals surface area contributed by atoms with Gasteiger partial charge in [-0.2, -0.15) is 0 Å². The molecule has 0 unspecified atom stereocenters. The zero-order valence-electron chi connectivity index (χ0n) is 11.6. The molecule has 0 spiro atoms. The van der Waals surface area contributed by atoms with Crippen molar-refractivity contribution < 1.29 is 4.42 Å². The Morgan fingerprint density at radius 3 is 2.86 bits per heavy atom. The zero-order chi connectivity index (χ0) is 15.3. The first-order valence-electron chi connectivity index (χ1n) is 6.72. The minimum atomic E-state index is -0.381. The summed E-state index contributed by atoms with van der Waals surface area (Å²) < 4.78 is 6.38. The van der Waals surface area contributed by atoms with Crippen LogP contribution in [0, 0.1) is 6.92 Å². The van der Waals surface area contributed by atoms with Crippen molar-refractivity contribution in [2.45, 2.75) is 6.92 Å². The molecule has 0 aliphatic rings. The average Bonchev–Trinajstić information content (AvgIpc) is 2.91. The normalized spacial score (nSPS) is 11.4. The number of halogens is 1. The summed E-state index contributed by atoms with van der Waals surface area (Å²) in [6, 6.07) is 13.2. The highest BCUT2D eigenvalue weighted by Gasteiger charge is 2.14. The van der Waals surface area contributed by atoms with Gasteiger partial charge in [-0.3, -0.25) is 0 Å². The van der Waals surface area contributed by atoms with Crippen LogP contribution < -0.4 is 5.63 Å². The highest BCUT2D eigenvalue weighted by atomic mass is 35.5. The van der Waals surface area contributed by atoms with E-state index in [-0.39, 0.29) is 5.63 Å². The molecule has 2 aromatic carbocycles. The van der Waals surface area contributed by atoms with Crippen LogP contribution in [0.15, 0.2) is 51.7 Å². The molecule has 108 valence electrons. The lowest BCUT2D eigenvalue weighted by Gasteiger charge is -2.00. The minimum Gasteiger partial charge on any atom is -0.422 e. The summed E-state index contributed by atoms with van der Waals surface area (Å²) in [5.41, 5.74) is 2.44. The van der Waals surface area contributed by atoms with Gasteiger partial charge in [0, 0.05) is 5.39 Å². The summed E-state index contributed by atoms with van der Waals surface area (Å²) in [6.45, 7) is 1.96. The van der Waals surface area contributed by atoms with Crippen molar-refractivity contribution >= 4 is 44.1 Å². The van der Waals surface area contributed by atoms with Crippen LogP contribution in [0.3, 0.4) is 0 Å². The topological polar surface area (TPSA) is 43.1 Å². The predicted octanol–water partition coefficient (Wildman–Crippen LogP) is 5.03. The lowest BCUT2D eigenvalue weighted by Crippen LogP contribution is -2.02. The standard InChI is InChI=1S/C17H10ClNO2S/c1-9-5-6-10-8-11(17(20)21-13(10)7-9)16-19-15-12(18)3-2-4-14(15)22-16/h2-8H,1H3. The number of hydrogen-bond acceptors (Lipinski definition) is 4. The van der Waals surface area contributed by atoms with E-state index < -0.39 is 0 Å². The fourth-order valence-electron chi connectivity index (χ4n) is 2.40. The van der Waals surface area contributed by atoms with E-state index in [4.69, 9.17) is 16.0 Å². The van der Waals surface area contributed by atoms with E-state index >= 15 is 0 Å². The smallest absolute Gasteiger partial charge is 0.346 e. The van der Waals surface area contributed by atoms with Gasteiger partial charge < -0.3 is 4.42 Å². The Morgan fingerprint density at radius 2 is 2.05 bits per heavy atom. The molecule has 5 heteroatoms. The van der Waals surface area contributed by atoms with Crippen molar-refractivity contribution in [1.82, 2.24) is 4.98 Å². The van der Waals surface area contributed by atoms with E-state index in [1.54, 1.807) is 6.07 Å². The Bertz CT molecular complexity index is 1080. The molecule has 2 aromatic heterocycles. The molecule has 0 aliphatic heterocycles. The predicted molar refractivity (Wildman–Crippen MR) is 90.8 cm³/mol. The zero-order valence-corrected chi connectivity index (χ0v) is 13.2. The van der Waals surface area contributed by atoms with E-state index in [1.165, 1.54) is 11.3 Å². The van der Waals surface area contributed by atoms with Gasteiger partial charge in [0.15, 0.2) is 0 Å². The summed E-state index contributed by atoms with van der Waals surface area (Å²) in [4.78, 5) is 16.8. The summed E-state index contributed by atoms with van der Waals surface area (Å²) in [5.74, 6) is 0. The van der Waals surface area contributed by atoms with Gasteiger partial charge in [-0.05, 0) is 36.8 Å². The van der Waals surface area contributed by atoms with Gasteiger partial charge in [-0.25, -0.2) is 9.78 Å². The van der Waals surface area contributed by atoms with E-state index in [0.717, 1.165) is 15.6 Å². The van der Waals surface area contributed by atoms with Crippen molar-refractivity contribution in [3.05, 3.63) is 63.5 Å². The summed E-state index contributed by atoms with van der Waals surface area (Å²) in [7, 11) is 0. The Labute approximate surface area is 134 Å². The van der Waals surface area contributed by atoms with Crippen LogP contribution in [0.5, 0.6) is 0 Å². The van der Waals surface area contributed by atoms with E-state index in [1.807, 2.05) is 43.3 Å². The number of thiazole rings is 1. The van der Waals surface area contributed by atoms with Gasteiger partial charge in [0.2, 0.25) is 0 Å². The number of aryl methyl sites for hydroxylation is 1. The molecule has 0 saturated heterocycles. The first kappa shape index (κ1) is 13.5. The van der Waals surface area contributed by atoms with Crippen LogP contribution in [0.4, 0.5) is 0 Å². The third kappa shape index (κ3) is 2.12. The summed E-state index contributed by atoms with van der Waals surface area (Å²) in [5, 5.41) is 2.09. The molecule has 0 amide bonds. The molecule has 0 radical (unpaired) electrons. The molecular weight excluding hydrogens is 318 g/mol. The van der Waals surface area contributed by atoms with Gasteiger partial charge in [-0.15, -0.1) is 11.3 Å². The van der Waals surface area contributed by atoms with Gasteiger partial charge >= 0.3 is 5.63 Å². The SMILES string of the molecule is Cc1ccc2cc(-c3nc4c(Cl)cccc4s3)c(=O)oc2c1. The maximum absolute atomic E-state index is 12.3. The van der Waals surface area contributed by atoms with E-state index in [0.29, 0.717) is 26.7 Å². The average molecular weight is 328 g/mol. The molecule has 4 rings (SSSR count). The molecule has 3 nitrogen and oxygen atoms in total. The van der Waals surface area contributed by atoms with Crippen LogP contribution in [-0.4, -0.2) is 4.98 Å². The highest BCUT2D eigenvalue weighted by Crippen LogP contribution is 2.33. The number of nitrogens with zero attached hydrogens (tertiary/aromatic N) is 1. The molecule has 0 N–H and O–H groups in total. The molecule has 0 fully saturated rings. The van der Waals surface area contributed by atoms with Crippen molar-refractivity contribution in [2.24, 2.45) is 0 Å². The quantitative estimate of drug-likeness (QED) is 0.460. The van der Waals surface area contributed by atoms with Gasteiger partial charge in [0.1, 0.15) is 16.1 Å². The Balaban J connectivity index is 1.99. The number of aromatic nitrogens is 1. The van der Waals surface area contributed by atoms with E-state index in [2.05, 4.69) is 4.98 Å². The molecule has 4 aromatic rings. The third-order valence-corrected chi connectivity index (χ3v) is 4.85. The van der Waals surface area contributed by atoms with Crippen molar-refractivity contribution in [3.63, 3.8) is 0 Å².